The van der Waals surface area contributed by atoms with Gasteiger partial charge in [-0.3, -0.25) is 0 Å². The quantitative estimate of drug-likeness (QED) is 0.346. The van der Waals surface area contributed by atoms with Crippen LogP contribution in [0, 0.1) is 0 Å². The minimum atomic E-state index is 0.968. The van der Waals surface area contributed by atoms with Crippen molar-refractivity contribution >= 4 is 50.9 Å². The fourth-order valence-electron chi connectivity index (χ4n) is 4.92. The second-order valence-corrected chi connectivity index (χ2v) is 8.18. The Kier molecular flexibility index (Phi) is 4.14. The van der Waals surface area contributed by atoms with Crippen LogP contribution in [-0.4, -0.2) is 4.57 Å². The largest absolute Gasteiger partial charge is 0.309 e. The third kappa shape index (κ3) is 2.78. The normalized spacial score (nSPS) is 18.1. The van der Waals surface area contributed by atoms with Crippen LogP contribution < -0.4 is 10.4 Å². The molecule has 0 atom stereocenters. The lowest BCUT2D eigenvalue weighted by atomic mass is 9.97. The molecule has 0 saturated heterocycles. The molecule has 6 rings (SSSR count). The van der Waals surface area contributed by atoms with Crippen molar-refractivity contribution in [2.75, 3.05) is 0 Å². The van der Waals surface area contributed by atoms with Gasteiger partial charge in [-0.2, -0.15) is 0 Å². The number of benzene rings is 3. The molecule has 1 aromatic heterocycles. The van der Waals surface area contributed by atoms with Crippen molar-refractivity contribution in [1.82, 2.24) is 4.57 Å². The molecule has 2 aliphatic carbocycles. The molecular weight excluding hydrogens is 374 g/mol. The number of allylic oxidation sites excluding steroid dienone is 12. The van der Waals surface area contributed by atoms with Crippen molar-refractivity contribution in [2.45, 2.75) is 12.8 Å². The van der Waals surface area contributed by atoms with E-state index in [-0.39, 0.29) is 0 Å². The molecule has 31 heavy (non-hydrogen) atoms. The number of aromatic nitrogens is 1. The van der Waals surface area contributed by atoms with Crippen molar-refractivity contribution in [1.29, 1.82) is 0 Å². The summed E-state index contributed by atoms with van der Waals surface area (Å²) in [6.07, 6.45) is 26.0. The van der Waals surface area contributed by atoms with E-state index in [4.69, 9.17) is 0 Å². The Hall–Kier alpha value is -3.84. The predicted molar refractivity (Wildman–Crippen MR) is 136 cm³/mol. The van der Waals surface area contributed by atoms with Gasteiger partial charge in [-0.15, -0.1) is 0 Å². The van der Waals surface area contributed by atoms with Gasteiger partial charge in [0.1, 0.15) is 0 Å². The van der Waals surface area contributed by atoms with E-state index in [9.17, 15) is 0 Å². The highest BCUT2D eigenvalue weighted by atomic mass is 15.0. The smallest absolute Gasteiger partial charge is 0.0547 e. The molecule has 0 unspecified atom stereocenters. The first-order valence-electron chi connectivity index (χ1n) is 10.9. The van der Waals surface area contributed by atoms with Gasteiger partial charge in [0.05, 0.1) is 11.0 Å². The second kappa shape index (κ2) is 7.14. The maximum atomic E-state index is 4.53. The Balaban J connectivity index is 1.75. The lowest BCUT2D eigenvalue weighted by Crippen LogP contribution is -2.24. The molecule has 1 nitrogen and oxygen atoms in total. The molecule has 0 fully saturated rings. The van der Waals surface area contributed by atoms with E-state index in [1.54, 1.807) is 0 Å². The van der Waals surface area contributed by atoms with Crippen LogP contribution in [-0.2, 0) is 0 Å². The summed E-state index contributed by atoms with van der Waals surface area (Å²) in [6.45, 7) is 4.53. The maximum absolute atomic E-state index is 4.53. The van der Waals surface area contributed by atoms with E-state index in [2.05, 4.69) is 114 Å². The molecule has 2 aliphatic rings. The highest BCUT2D eigenvalue weighted by Gasteiger charge is 2.18. The Bertz CT molecular complexity index is 1630. The fraction of sp³-hybridized carbons (Fsp3) is 0.0667. The van der Waals surface area contributed by atoms with E-state index in [1.165, 1.54) is 49.1 Å². The first kappa shape index (κ1) is 18.0. The Morgan fingerprint density at radius 2 is 1.58 bits per heavy atom. The van der Waals surface area contributed by atoms with Gasteiger partial charge in [0.25, 0.3) is 0 Å². The number of hydrogen-bond donors (Lipinski definition) is 0. The van der Waals surface area contributed by atoms with Crippen LogP contribution >= 0.6 is 0 Å². The Morgan fingerprint density at radius 3 is 2.39 bits per heavy atom. The molecule has 1 heterocycles. The van der Waals surface area contributed by atoms with E-state index in [0.29, 0.717) is 0 Å². The summed E-state index contributed by atoms with van der Waals surface area (Å²) in [4.78, 5) is 0. The Morgan fingerprint density at radius 1 is 0.774 bits per heavy atom. The fourth-order valence-corrected chi connectivity index (χ4v) is 4.92. The molecule has 148 valence electrons. The highest BCUT2D eigenvalue weighted by molar-refractivity contribution is 6.25. The van der Waals surface area contributed by atoms with E-state index in [0.717, 1.165) is 18.1 Å². The van der Waals surface area contributed by atoms with Crippen LogP contribution in [0.5, 0.6) is 0 Å². The third-order valence-electron chi connectivity index (χ3n) is 6.35. The average Bonchev–Trinajstić information content (AvgIpc) is 2.95. The molecular formula is C30H23N. The molecule has 0 aliphatic heterocycles. The second-order valence-electron chi connectivity index (χ2n) is 8.18. The third-order valence-corrected chi connectivity index (χ3v) is 6.35. The van der Waals surface area contributed by atoms with Crippen LogP contribution in [0.25, 0.3) is 50.9 Å². The van der Waals surface area contributed by atoms with Gasteiger partial charge in [0.15, 0.2) is 0 Å². The summed E-state index contributed by atoms with van der Waals surface area (Å²) in [5.41, 5.74) is 5.00. The molecule has 0 spiro atoms. The molecule has 0 amide bonds. The molecule has 0 radical (unpaired) electrons. The summed E-state index contributed by atoms with van der Waals surface area (Å²) in [5, 5.41) is 7.45. The van der Waals surface area contributed by atoms with Gasteiger partial charge in [0.2, 0.25) is 0 Å². The van der Waals surface area contributed by atoms with Gasteiger partial charge in [-0.25, -0.2) is 0 Å². The minimum Gasteiger partial charge on any atom is -0.309 e. The maximum Gasteiger partial charge on any atom is 0.0547 e. The SMILES string of the molecule is C=c1/c(=C\C=C2\C=CC=CC2)c2cccc3c2c2c1cccc2n3C1=CC=CCC=C1. The zero-order valence-electron chi connectivity index (χ0n) is 17.4. The number of nitrogens with zero attached hydrogens (tertiary/aromatic N) is 1. The molecule has 4 aromatic rings. The average molecular weight is 398 g/mol. The van der Waals surface area contributed by atoms with E-state index >= 15 is 0 Å². The van der Waals surface area contributed by atoms with Gasteiger partial charge < -0.3 is 4.57 Å². The standard InChI is InChI=1S/C30H23N/c1-21-24(20-19-22-11-5-4-6-12-22)26-16-10-18-28-30(26)29-25(21)15-9-17-27(29)31(28)23-13-7-2-3-8-14-23/h2,4-11,13-20H,1,3,12H2/b22-19-,24-20+. The van der Waals surface area contributed by atoms with Crippen LogP contribution in [0.1, 0.15) is 12.8 Å². The van der Waals surface area contributed by atoms with Crippen molar-refractivity contribution in [3.05, 3.63) is 113 Å². The van der Waals surface area contributed by atoms with Crippen LogP contribution in [0.15, 0.2) is 103 Å². The predicted octanol–water partition coefficient (Wildman–Crippen LogP) is 6.38. The first-order valence-corrected chi connectivity index (χ1v) is 10.9. The van der Waals surface area contributed by atoms with Gasteiger partial charge >= 0.3 is 0 Å². The topological polar surface area (TPSA) is 4.93 Å². The van der Waals surface area contributed by atoms with Crippen molar-refractivity contribution in [2.24, 2.45) is 0 Å². The summed E-state index contributed by atoms with van der Waals surface area (Å²) in [7, 11) is 0. The zero-order chi connectivity index (χ0) is 20.8. The van der Waals surface area contributed by atoms with E-state index < -0.39 is 0 Å². The Labute approximate surface area is 181 Å². The van der Waals surface area contributed by atoms with Crippen LogP contribution in [0.3, 0.4) is 0 Å². The molecule has 0 bridgehead atoms. The minimum absolute atomic E-state index is 0.968. The van der Waals surface area contributed by atoms with Crippen molar-refractivity contribution < 1.29 is 0 Å². The van der Waals surface area contributed by atoms with Crippen molar-refractivity contribution in [3.63, 3.8) is 0 Å². The summed E-state index contributed by atoms with van der Waals surface area (Å²) >= 11 is 0. The highest BCUT2D eigenvalue weighted by Crippen LogP contribution is 2.36. The molecule has 0 saturated carbocycles. The summed E-state index contributed by atoms with van der Waals surface area (Å²) < 4.78 is 2.40. The summed E-state index contributed by atoms with van der Waals surface area (Å²) in [6, 6.07) is 13.3. The van der Waals surface area contributed by atoms with Gasteiger partial charge in [-0.1, -0.05) is 85.5 Å². The van der Waals surface area contributed by atoms with Gasteiger partial charge in [0, 0.05) is 16.5 Å². The zero-order valence-corrected chi connectivity index (χ0v) is 17.4. The lowest BCUT2D eigenvalue weighted by molar-refractivity contribution is 1.24. The monoisotopic (exact) mass is 397 g/mol. The van der Waals surface area contributed by atoms with Crippen molar-refractivity contribution in [3.8, 4) is 0 Å². The molecule has 1 heteroatoms. The van der Waals surface area contributed by atoms with Gasteiger partial charge in [-0.05, 0) is 63.9 Å². The summed E-state index contributed by atoms with van der Waals surface area (Å²) in [5.74, 6) is 0. The first-order chi connectivity index (χ1) is 15.3. The van der Waals surface area contributed by atoms with Crippen LogP contribution in [0.4, 0.5) is 0 Å². The molecule has 0 N–H and O–H groups in total. The lowest BCUT2D eigenvalue weighted by Gasteiger charge is -2.08. The van der Waals surface area contributed by atoms with E-state index in [1.807, 2.05) is 0 Å². The van der Waals surface area contributed by atoms with Crippen LogP contribution in [0.2, 0.25) is 0 Å². The number of rotatable bonds is 2. The molecule has 3 aromatic carbocycles. The number of hydrogen-bond acceptors (Lipinski definition) is 0.